The molecule has 1 aliphatic heterocycles. The lowest BCUT2D eigenvalue weighted by Crippen LogP contribution is -2.38. The fourth-order valence-electron chi connectivity index (χ4n) is 4.09. The van der Waals surface area contributed by atoms with E-state index in [-0.39, 0.29) is 28.0 Å². The third kappa shape index (κ3) is 8.43. The smallest absolute Gasteiger partial charge is 0.361 e. The molecule has 0 saturated carbocycles. The Kier molecular flexibility index (Phi) is 11.0. The highest BCUT2D eigenvalue weighted by Gasteiger charge is 2.39. The largest absolute Gasteiger partial charge is 0.459 e. The SMILES string of the molecule is CCN(CCNC(=O)c1cnc2cc(I)ccc2n1)CCC(=O)O[C@H]1C[C@H](On2cc(I)c(=O)[nH]c2=O)O[C@@H]1CO. The van der Waals surface area contributed by atoms with E-state index in [0.29, 0.717) is 37.2 Å². The van der Waals surface area contributed by atoms with Crippen molar-refractivity contribution in [2.45, 2.75) is 38.3 Å². The lowest BCUT2D eigenvalue weighted by atomic mass is 10.2. The molecule has 0 unspecified atom stereocenters. The molecule has 2 aromatic heterocycles. The van der Waals surface area contributed by atoms with Crippen LogP contribution in [0, 0.1) is 7.14 Å². The molecule has 0 radical (unpaired) electrons. The molecule has 0 spiro atoms. The maximum Gasteiger partial charge on any atom is 0.361 e. The lowest BCUT2D eigenvalue weighted by Gasteiger charge is -2.21. The second-order valence-corrected chi connectivity index (χ2v) is 11.5. The first kappa shape index (κ1) is 31.3. The predicted octanol–water partition coefficient (Wildman–Crippen LogP) is 0.279. The summed E-state index contributed by atoms with van der Waals surface area (Å²) < 4.78 is 13.2. The number of aromatic amines is 1. The number of aliphatic hydroxyl groups is 1. The molecule has 3 N–H and O–H groups in total. The van der Waals surface area contributed by atoms with Gasteiger partial charge >= 0.3 is 11.7 Å². The van der Waals surface area contributed by atoms with Crippen LogP contribution in [0.3, 0.4) is 0 Å². The van der Waals surface area contributed by atoms with Crippen LogP contribution in [0.2, 0.25) is 0 Å². The molecule has 0 bridgehead atoms. The zero-order valence-electron chi connectivity index (χ0n) is 21.9. The van der Waals surface area contributed by atoms with Crippen LogP contribution in [0.15, 0.2) is 40.2 Å². The van der Waals surface area contributed by atoms with Gasteiger partial charge in [-0.15, -0.1) is 4.73 Å². The first-order valence-electron chi connectivity index (χ1n) is 12.7. The van der Waals surface area contributed by atoms with E-state index in [4.69, 9.17) is 14.3 Å². The van der Waals surface area contributed by atoms with Crippen molar-refractivity contribution in [1.82, 2.24) is 29.9 Å². The minimum Gasteiger partial charge on any atom is -0.459 e. The molecule has 16 heteroatoms. The van der Waals surface area contributed by atoms with Crippen LogP contribution in [-0.4, -0.2) is 92.8 Å². The number of carbonyl (C=O) groups is 2. The molecule has 3 aromatic rings. The summed E-state index contributed by atoms with van der Waals surface area (Å²) in [5.74, 6) is -0.822. The number of ether oxygens (including phenoxy) is 2. The Labute approximate surface area is 261 Å². The van der Waals surface area contributed by atoms with Crippen molar-refractivity contribution in [2.24, 2.45) is 0 Å². The molecule has 3 heterocycles. The van der Waals surface area contributed by atoms with Crippen LogP contribution in [0.4, 0.5) is 0 Å². The van der Waals surface area contributed by atoms with Crippen LogP contribution in [0.5, 0.6) is 0 Å². The number of rotatable bonds is 12. The first-order valence-corrected chi connectivity index (χ1v) is 14.9. The summed E-state index contributed by atoms with van der Waals surface area (Å²) in [5, 5.41) is 12.5. The number of likely N-dealkylation sites (N-methyl/N-ethyl adjacent to an activating group) is 1. The van der Waals surface area contributed by atoms with E-state index in [1.54, 1.807) is 22.6 Å². The molecule has 0 aliphatic carbocycles. The first-order chi connectivity index (χ1) is 19.7. The maximum absolute atomic E-state index is 12.6. The highest BCUT2D eigenvalue weighted by atomic mass is 127. The van der Waals surface area contributed by atoms with Gasteiger partial charge in [0.05, 0.1) is 46.4 Å². The van der Waals surface area contributed by atoms with E-state index >= 15 is 0 Å². The molecular weight excluding hydrogens is 766 g/mol. The summed E-state index contributed by atoms with van der Waals surface area (Å²) in [7, 11) is 0. The molecule has 1 fully saturated rings. The number of nitrogens with zero attached hydrogens (tertiary/aromatic N) is 4. The number of hydrogen-bond acceptors (Lipinski definition) is 11. The average molecular weight is 794 g/mol. The Morgan fingerprint density at radius 3 is 2.83 bits per heavy atom. The van der Waals surface area contributed by atoms with E-state index in [1.807, 2.05) is 30.0 Å². The van der Waals surface area contributed by atoms with Crippen molar-refractivity contribution < 1.29 is 29.0 Å². The van der Waals surface area contributed by atoms with Gasteiger partial charge in [0.2, 0.25) is 6.29 Å². The zero-order valence-corrected chi connectivity index (χ0v) is 26.2. The molecule has 1 saturated heterocycles. The van der Waals surface area contributed by atoms with Gasteiger partial charge in [-0.05, 0) is 69.9 Å². The molecule has 1 amide bonds. The molecule has 3 atom stereocenters. The Balaban J connectivity index is 1.22. The predicted molar refractivity (Wildman–Crippen MR) is 162 cm³/mol. The van der Waals surface area contributed by atoms with Crippen LogP contribution in [-0.2, 0) is 14.3 Å². The number of esters is 1. The Morgan fingerprint density at radius 2 is 2.07 bits per heavy atom. The minimum absolute atomic E-state index is 0.0779. The van der Waals surface area contributed by atoms with Crippen molar-refractivity contribution in [1.29, 1.82) is 0 Å². The number of benzene rings is 1. The van der Waals surface area contributed by atoms with Gasteiger partial charge in [0.1, 0.15) is 17.9 Å². The zero-order chi connectivity index (χ0) is 29.5. The Bertz CT molecular complexity index is 1520. The van der Waals surface area contributed by atoms with Crippen LogP contribution >= 0.6 is 45.2 Å². The third-order valence-corrected chi connectivity index (χ3v) is 7.70. The lowest BCUT2D eigenvalue weighted by molar-refractivity contribution is -0.159. The number of carbonyl (C=O) groups excluding carboxylic acids is 2. The Hall–Kier alpha value is -2.68. The third-order valence-electron chi connectivity index (χ3n) is 6.26. The van der Waals surface area contributed by atoms with Gasteiger partial charge in [-0.25, -0.2) is 9.78 Å². The summed E-state index contributed by atoms with van der Waals surface area (Å²) in [5.41, 5.74) is 0.260. The van der Waals surface area contributed by atoms with Gasteiger partial charge in [-0.3, -0.25) is 24.4 Å². The average Bonchev–Trinajstić information content (AvgIpc) is 3.33. The van der Waals surface area contributed by atoms with Crippen molar-refractivity contribution in [3.8, 4) is 0 Å². The molecule has 4 rings (SSSR count). The molecule has 41 heavy (non-hydrogen) atoms. The number of fused-ring (bicyclic) bond motifs is 1. The summed E-state index contributed by atoms with van der Waals surface area (Å²) >= 11 is 3.94. The van der Waals surface area contributed by atoms with E-state index in [2.05, 4.69) is 42.9 Å². The number of amides is 1. The summed E-state index contributed by atoms with van der Waals surface area (Å²) in [6, 6.07) is 5.61. The topological polar surface area (TPSA) is 178 Å². The van der Waals surface area contributed by atoms with E-state index in [1.165, 1.54) is 12.4 Å². The van der Waals surface area contributed by atoms with Gasteiger partial charge in [0.25, 0.3) is 11.5 Å². The van der Waals surface area contributed by atoms with Gasteiger partial charge in [0.15, 0.2) is 0 Å². The minimum atomic E-state index is -0.976. The van der Waals surface area contributed by atoms with Gasteiger partial charge < -0.3 is 29.6 Å². The van der Waals surface area contributed by atoms with Crippen molar-refractivity contribution in [3.63, 3.8) is 0 Å². The number of aromatic nitrogens is 4. The fourth-order valence-corrected chi connectivity index (χ4v) is 4.95. The summed E-state index contributed by atoms with van der Waals surface area (Å²) in [4.78, 5) is 66.9. The molecule has 220 valence electrons. The van der Waals surface area contributed by atoms with Crippen LogP contribution < -0.4 is 21.4 Å². The number of hydrogen-bond donors (Lipinski definition) is 3. The number of halogens is 2. The molecule has 1 aromatic carbocycles. The standard InChI is InChI=1S/C25H28I2N6O8/c1-2-32(8-6-28-24(37)18-11-29-17-9-14(26)3-4-16(17)30-18)7-5-21(35)39-19-10-22(40-20(19)13-34)41-33-12-15(27)23(36)31-25(33)38/h3-4,9,11-12,19-20,22,34H,2,5-8,10,13H2,1H3,(H,28,37)(H,31,36,38)/t19-,20+,22-/m0/s1. The summed E-state index contributed by atoms with van der Waals surface area (Å²) in [6.45, 7) is 3.41. The normalized spacial score (nSPS) is 18.5. The molecule has 14 nitrogen and oxygen atoms in total. The second kappa shape index (κ2) is 14.5. The second-order valence-electron chi connectivity index (χ2n) is 9.05. The number of H-pyrrole nitrogens is 1. The highest BCUT2D eigenvalue weighted by molar-refractivity contribution is 14.1. The monoisotopic (exact) mass is 794 g/mol. The Morgan fingerprint density at radius 1 is 1.27 bits per heavy atom. The number of nitrogens with one attached hydrogen (secondary N) is 2. The van der Waals surface area contributed by atoms with E-state index < -0.39 is 42.3 Å². The van der Waals surface area contributed by atoms with E-state index in [0.717, 1.165) is 8.30 Å². The highest BCUT2D eigenvalue weighted by Crippen LogP contribution is 2.23. The molecule has 1 aliphatic rings. The van der Waals surface area contributed by atoms with Gasteiger partial charge in [0, 0.05) is 23.2 Å². The quantitative estimate of drug-likeness (QED) is 0.170. The van der Waals surface area contributed by atoms with Crippen LogP contribution in [0.1, 0.15) is 30.3 Å². The van der Waals surface area contributed by atoms with Crippen LogP contribution in [0.25, 0.3) is 11.0 Å². The van der Waals surface area contributed by atoms with Gasteiger partial charge in [-0.2, -0.15) is 0 Å². The van der Waals surface area contributed by atoms with E-state index in [9.17, 15) is 24.3 Å². The maximum atomic E-state index is 12.6. The molecular formula is C25H28I2N6O8. The van der Waals surface area contributed by atoms with Crippen molar-refractivity contribution in [3.05, 3.63) is 64.3 Å². The van der Waals surface area contributed by atoms with Gasteiger partial charge in [-0.1, -0.05) is 6.92 Å². The fraction of sp³-hybridized carbons (Fsp3) is 0.440. The number of aliphatic hydroxyl groups excluding tert-OH is 1. The van der Waals surface area contributed by atoms with Crippen molar-refractivity contribution in [2.75, 3.05) is 32.8 Å². The van der Waals surface area contributed by atoms with Crippen molar-refractivity contribution >= 4 is 68.1 Å². The summed E-state index contributed by atoms with van der Waals surface area (Å²) in [6.07, 6.45) is 0.236.